The molecule has 0 bridgehead atoms. The van der Waals surface area contributed by atoms with Gasteiger partial charge in [-0.25, -0.2) is 12.8 Å². The fourth-order valence-corrected chi connectivity index (χ4v) is 3.67. The highest BCUT2D eigenvalue weighted by atomic mass is 35.5. The maximum atomic E-state index is 13.8. The molecule has 1 heterocycles. The highest BCUT2D eigenvalue weighted by Gasteiger charge is 2.39. The van der Waals surface area contributed by atoms with Crippen molar-refractivity contribution in [3.8, 4) is 5.75 Å². The molecule has 1 unspecified atom stereocenters. The van der Waals surface area contributed by atoms with Crippen LogP contribution in [0.1, 0.15) is 38.8 Å². The number of rotatable bonds is 3. The number of halogens is 2. The molecule has 1 aromatic rings. The van der Waals surface area contributed by atoms with Gasteiger partial charge >= 0.3 is 0 Å². The summed E-state index contributed by atoms with van der Waals surface area (Å²) in [5.41, 5.74) is -0.0492. The highest BCUT2D eigenvalue weighted by molar-refractivity contribution is 7.89. The summed E-state index contributed by atoms with van der Waals surface area (Å²) in [7, 11) is -1.88. The molecule has 118 valence electrons. The highest BCUT2D eigenvalue weighted by Crippen LogP contribution is 2.44. The van der Waals surface area contributed by atoms with Gasteiger partial charge in [0.25, 0.3) is 0 Å². The monoisotopic (exact) mass is 335 g/mol. The first-order valence-corrected chi connectivity index (χ1v) is 8.70. The lowest BCUT2D eigenvalue weighted by atomic mass is 9.90. The van der Waals surface area contributed by atoms with Crippen LogP contribution in [-0.2, 0) is 10.0 Å². The maximum Gasteiger partial charge on any atom is 0.214 e. The van der Waals surface area contributed by atoms with E-state index in [1.807, 2.05) is 13.8 Å². The summed E-state index contributed by atoms with van der Waals surface area (Å²) in [5.74, 6) is -0.154. The van der Waals surface area contributed by atoms with Crippen LogP contribution in [0, 0.1) is 5.82 Å². The number of nitrogens with zero attached hydrogens (tertiary/aromatic N) is 1. The van der Waals surface area contributed by atoms with Crippen LogP contribution in [0.25, 0.3) is 0 Å². The zero-order chi connectivity index (χ0) is 16.0. The fourth-order valence-electron chi connectivity index (χ4n) is 2.53. The number of hydrogen-bond donors (Lipinski definition) is 0. The first-order chi connectivity index (χ1) is 9.57. The van der Waals surface area contributed by atoms with E-state index >= 15 is 0 Å². The molecule has 4 nitrogen and oxygen atoms in total. The Hall–Kier alpha value is -0.850. The number of benzene rings is 1. The standard InChI is InChI=1S/C14H19ClFNO3S/c1-5-21(18,19)17(4)12-8-14(2,3)20-13-7-10(15)11(16)6-9(12)13/h6-7,12H,5,8H2,1-4H3. The van der Waals surface area contributed by atoms with E-state index in [-0.39, 0.29) is 10.8 Å². The van der Waals surface area contributed by atoms with Gasteiger partial charge in [-0.05, 0) is 26.8 Å². The topological polar surface area (TPSA) is 46.6 Å². The van der Waals surface area contributed by atoms with Crippen molar-refractivity contribution < 1.29 is 17.5 Å². The van der Waals surface area contributed by atoms with E-state index in [4.69, 9.17) is 16.3 Å². The maximum absolute atomic E-state index is 13.8. The van der Waals surface area contributed by atoms with Gasteiger partial charge in [0.15, 0.2) is 0 Å². The van der Waals surface area contributed by atoms with Crippen LogP contribution >= 0.6 is 11.6 Å². The smallest absolute Gasteiger partial charge is 0.214 e. The van der Waals surface area contributed by atoms with Crippen LogP contribution < -0.4 is 4.74 Å². The zero-order valence-corrected chi connectivity index (χ0v) is 14.1. The summed E-state index contributed by atoms with van der Waals surface area (Å²) in [6, 6.07) is 2.20. The van der Waals surface area contributed by atoms with Crippen LogP contribution in [0.15, 0.2) is 12.1 Å². The van der Waals surface area contributed by atoms with Crippen LogP contribution in [-0.4, -0.2) is 31.1 Å². The second-order valence-electron chi connectivity index (χ2n) is 5.80. The van der Waals surface area contributed by atoms with Crippen LogP contribution in [0.4, 0.5) is 4.39 Å². The fraction of sp³-hybridized carbons (Fsp3) is 0.571. The molecule has 0 spiro atoms. The van der Waals surface area contributed by atoms with E-state index in [9.17, 15) is 12.8 Å². The van der Waals surface area contributed by atoms with E-state index in [1.165, 1.54) is 23.5 Å². The quantitative estimate of drug-likeness (QED) is 0.851. The second kappa shape index (κ2) is 5.41. The number of hydrogen-bond acceptors (Lipinski definition) is 3. The third-order valence-corrected chi connectivity index (χ3v) is 5.88. The van der Waals surface area contributed by atoms with Gasteiger partial charge in [-0.2, -0.15) is 4.31 Å². The van der Waals surface area contributed by atoms with E-state index < -0.39 is 27.5 Å². The minimum absolute atomic E-state index is 0.00725. The number of ether oxygens (including phenoxy) is 1. The summed E-state index contributed by atoms with van der Waals surface area (Å²) in [6.45, 7) is 5.32. The van der Waals surface area contributed by atoms with Crippen molar-refractivity contribution in [3.63, 3.8) is 0 Å². The Morgan fingerprint density at radius 3 is 2.67 bits per heavy atom. The van der Waals surface area contributed by atoms with Crippen LogP contribution in [0.5, 0.6) is 5.75 Å². The summed E-state index contributed by atoms with van der Waals surface area (Å²) < 4.78 is 45.1. The lowest BCUT2D eigenvalue weighted by molar-refractivity contribution is 0.0539. The van der Waals surface area contributed by atoms with Gasteiger partial charge in [-0.1, -0.05) is 11.6 Å². The van der Waals surface area contributed by atoms with Crippen molar-refractivity contribution in [2.45, 2.75) is 38.8 Å². The second-order valence-corrected chi connectivity index (χ2v) is 8.53. The van der Waals surface area contributed by atoms with E-state index in [2.05, 4.69) is 0 Å². The Kier molecular flexibility index (Phi) is 4.26. The Labute approximate surface area is 129 Å². The van der Waals surface area contributed by atoms with Gasteiger partial charge < -0.3 is 4.74 Å². The lowest BCUT2D eigenvalue weighted by Gasteiger charge is -2.40. The molecule has 0 aromatic heterocycles. The lowest BCUT2D eigenvalue weighted by Crippen LogP contribution is -2.42. The van der Waals surface area contributed by atoms with Crippen molar-refractivity contribution >= 4 is 21.6 Å². The molecule has 1 aliphatic rings. The third kappa shape index (κ3) is 3.17. The van der Waals surface area contributed by atoms with E-state index in [0.717, 1.165) is 0 Å². The predicted molar refractivity (Wildman–Crippen MR) is 80.7 cm³/mol. The molecular weight excluding hydrogens is 317 g/mol. The van der Waals surface area contributed by atoms with Crippen LogP contribution in [0.2, 0.25) is 5.02 Å². The van der Waals surface area contributed by atoms with Gasteiger partial charge in [0.2, 0.25) is 10.0 Å². The summed E-state index contributed by atoms with van der Waals surface area (Å²) in [4.78, 5) is 0. The molecular formula is C14H19ClFNO3S. The number of fused-ring (bicyclic) bond motifs is 1. The van der Waals surface area contributed by atoms with Gasteiger partial charge in [-0.15, -0.1) is 0 Å². The summed E-state index contributed by atoms with van der Waals surface area (Å²) in [5, 5.41) is -0.0359. The molecule has 0 amide bonds. The predicted octanol–water partition coefficient (Wildman–Crippen LogP) is 3.36. The molecule has 0 aliphatic carbocycles. The van der Waals surface area contributed by atoms with Crippen molar-refractivity contribution in [3.05, 3.63) is 28.5 Å². The molecule has 0 fully saturated rings. The molecule has 21 heavy (non-hydrogen) atoms. The average molecular weight is 336 g/mol. The van der Waals surface area contributed by atoms with Crippen molar-refractivity contribution in [2.24, 2.45) is 0 Å². The summed E-state index contributed by atoms with van der Waals surface area (Å²) in [6.07, 6.45) is 0.441. The van der Waals surface area contributed by atoms with Crippen molar-refractivity contribution in [1.29, 1.82) is 0 Å². The summed E-state index contributed by atoms with van der Waals surface area (Å²) >= 11 is 5.80. The van der Waals surface area contributed by atoms with Crippen molar-refractivity contribution in [1.82, 2.24) is 4.31 Å². The molecule has 0 saturated carbocycles. The molecule has 0 N–H and O–H groups in total. The third-order valence-electron chi connectivity index (χ3n) is 3.73. The first-order valence-electron chi connectivity index (χ1n) is 6.71. The minimum atomic E-state index is -3.39. The molecule has 1 atom stereocenters. The molecule has 1 aliphatic heterocycles. The molecule has 2 rings (SSSR count). The normalized spacial score (nSPS) is 21.0. The minimum Gasteiger partial charge on any atom is -0.487 e. The molecule has 0 radical (unpaired) electrons. The van der Waals surface area contributed by atoms with Gasteiger partial charge in [0.05, 0.1) is 16.8 Å². The average Bonchev–Trinajstić information content (AvgIpc) is 2.38. The Bertz CT molecular complexity index is 660. The zero-order valence-electron chi connectivity index (χ0n) is 12.5. The largest absolute Gasteiger partial charge is 0.487 e. The van der Waals surface area contributed by atoms with Gasteiger partial charge in [0, 0.05) is 25.1 Å². The Morgan fingerprint density at radius 1 is 1.48 bits per heavy atom. The number of sulfonamides is 1. The van der Waals surface area contributed by atoms with Gasteiger partial charge in [0.1, 0.15) is 17.2 Å². The van der Waals surface area contributed by atoms with E-state index in [0.29, 0.717) is 17.7 Å². The Balaban J connectivity index is 2.56. The van der Waals surface area contributed by atoms with E-state index in [1.54, 1.807) is 6.92 Å². The molecule has 7 heteroatoms. The van der Waals surface area contributed by atoms with Crippen molar-refractivity contribution in [2.75, 3.05) is 12.8 Å². The Morgan fingerprint density at radius 2 is 2.10 bits per heavy atom. The SMILES string of the molecule is CCS(=O)(=O)N(C)C1CC(C)(C)Oc2cc(Cl)c(F)cc21. The van der Waals surface area contributed by atoms with Crippen LogP contribution in [0.3, 0.4) is 0 Å². The first kappa shape index (κ1) is 16.5. The molecule has 1 aromatic carbocycles. The van der Waals surface area contributed by atoms with Gasteiger partial charge in [-0.3, -0.25) is 0 Å². The molecule has 0 saturated heterocycles.